The van der Waals surface area contributed by atoms with E-state index in [9.17, 15) is 74.9 Å². The van der Waals surface area contributed by atoms with E-state index in [0.717, 1.165) is 95.6 Å². The normalized spacial score (nSPS) is 28.2. The Hall–Kier alpha value is -3.08. The van der Waals surface area contributed by atoms with Crippen LogP contribution < -0.4 is 0 Å². The largest absolute Gasteiger partial charge is 0.472 e. The molecule has 2 heterocycles. The van der Waals surface area contributed by atoms with E-state index >= 15 is 0 Å². The Morgan fingerprint density at radius 3 is 1.23 bits per heavy atom. The van der Waals surface area contributed by atoms with Crippen molar-refractivity contribution < 1.29 is 117 Å². The van der Waals surface area contributed by atoms with Crippen LogP contribution in [0.3, 0.4) is 0 Å². The summed E-state index contributed by atoms with van der Waals surface area (Å²) in [6.45, 7) is 3.22. The van der Waals surface area contributed by atoms with Crippen LogP contribution in [-0.4, -0.2) is 204 Å². The van der Waals surface area contributed by atoms with Crippen molar-refractivity contribution >= 4 is 25.7 Å². The van der Waals surface area contributed by atoms with Crippen LogP contribution in [0.2, 0.25) is 0 Å². The minimum Gasteiger partial charge on any atom is -0.462 e. The van der Waals surface area contributed by atoms with E-state index in [1.165, 1.54) is 147 Å². The molecule has 0 aromatic rings. The number of carbonyl (C=O) groups is 3. The topological polar surface area (TPSA) is 374 Å². The number of phosphoric acid groups is 1. The summed E-state index contributed by atoms with van der Waals surface area (Å²) < 4.78 is 64.4. The second-order valence-corrected chi connectivity index (χ2v) is 27.5. The molecule has 1 saturated carbocycles. The Morgan fingerprint density at radius 2 is 0.802 bits per heavy atom. The number of aliphatic hydroxyl groups is 10. The van der Waals surface area contributed by atoms with Crippen molar-refractivity contribution in [2.75, 3.05) is 26.4 Å². The van der Waals surface area contributed by atoms with Crippen LogP contribution in [0.5, 0.6) is 0 Å². The van der Waals surface area contributed by atoms with E-state index in [1.807, 2.05) is 12.2 Å². The summed E-state index contributed by atoms with van der Waals surface area (Å²) in [5.74, 6) is -2.48. The van der Waals surface area contributed by atoms with Crippen molar-refractivity contribution in [3.05, 3.63) is 48.6 Å². The maximum Gasteiger partial charge on any atom is 0.472 e. The first kappa shape index (κ1) is 87.1. The molecule has 0 radical (unpaired) electrons. The van der Waals surface area contributed by atoms with Crippen LogP contribution in [0.1, 0.15) is 252 Å². The number of unbranched alkanes of at least 4 members (excludes halogenated alkanes) is 32. The molecule has 96 heavy (non-hydrogen) atoms. The first-order chi connectivity index (χ1) is 46.3. The quantitative estimate of drug-likeness (QED) is 0.00674. The maximum absolute atomic E-state index is 14.3. The van der Waals surface area contributed by atoms with Gasteiger partial charge in [-0.05, 0) is 32.1 Å². The van der Waals surface area contributed by atoms with Gasteiger partial charge in [0.25, 0.3) is 0 Å². The van der Waals surface area contributed by atoms with Gasteiger partial charge in [-0.25, -0.2) is 14.2 Å². The lowest BCUT2D eigenvalue weighted by molar-refractivity contribution is -0.360. The number of rotatable bonds is 55. The molecule has 0 spiro atoms. The van der Waals surface area contributed by atoms with Crippen LogP contribution >= 0.6 is 7.82 Å². The molecule has 25 heteroatoms. The minimum absolute atomic E-state index is 0.0232. The molecular weight excluding hydrogens is 1270 g/mol. The summed E-state index contributed by atoms with van der Waals surface area (Å²) in [6, 6.07) is 0. The number of ether oxygens (including phenoxy) is 7. The van der Waals surface area contributed by atoms with Crippen LogP contribution in [0.4, 0.5) is 0 Å². The van der Waals surface area contributed by atoms with Gasteiger partial charge in [-0.1, -0.05) is 250 Å². The van der Waals surface area contributed by atoms with Crippen LogP contribution in [0, 0.1) is 0 Å². The molecular formula is C71H125O24P. The van der Waals surface area contributed by atoms with Gasteiger partial charge < -0.3 is 89.1 Å². The fourth-order valence-corrected chi connectivity index (χ4v) is 12.8. The first-order valence-electron chi connectivity index (χ1n) is 36.5. The van der Waals surface area contributed by atoms with Crippen LogP contribution in [0.15, 0.2) is 48.6 Å². The van der Waals surface area contributed by atoms with Crippen LogP contribution in [0.25, 0.3) is 0 Å². The molecule has 558 valence electrons. The predicted molar refractivity (Wildman–Crippen MR) is 360 cm³/mol. The third-order valence-electron chi connectivity index (χ3n) is 17.8. The molecule has 11 N–H and O–H groups in total. The summed E-state index contributed by atoms with van der Waals surface area (Å²) in [5.41, 5.74) is 0. The second-order valence-electron chi connectivity index (χ2n) is 26.1. The fourth-order valence-electron chi connectivity index (χ4n) is 11.8. The Balaban J connectivity index is 1.78. The van der Waals surface area contributed by atoms with E-state index in [0.29, 0.717) is 6.42 Å². The van der Waals surface area contributed by atoms with Crippen molar-refractivity contribution in [1.82, 2.24) is 0 Å². The van der Waals surface area contributed by atoms with E-state index in [1.54, 1.807) is 12.2 Å². The number of hydrogen-bond donors (Lipinski definition) is 11. The van der Waals surface area contributed by atoms with Crippen molar-refractivity contribution in [2.45, 2.75) is 356 Å². The zero-order valence-electron chi connectivity index (χ0n) is 57.9. The lowest BCUT2D eigenvalue weighted by Crippen LogP contribution is -2.69. The summed E-state index contributed by atoms with van der Waals surface area (Å²) in [5, 5.41) is 110. The summed E-state index contributed by atoms with van der Waals surface area (Å²) >= 11 is 0. The SMILES string of the molecule is CCCCCCCCCCCCC/C=C/C=C/C(=O)OCC1OC(OC2C(O)C(O)C(O)C(OC3OC(CO)C(O)C(O)C3O)C2OP(=O)(O)OCC(COC(=O)CCCCCCCCCCCCC)OC(=O)/C=C/C=C/CCCCCCCCCCCCC)C(O)C(O)C1O. The maximum atomic E-state index is 14.3. The van der Waals surface area contributed by atoms with E-state index in [2.05, 4.69) is 20.8 Å². The molecule has 3 fully saturated rings. The molecule has 0 bridgehead atoms. The molecule has 3 rings (SSSR count). The van der Waals surface area contributed by atoms with Gasteiger partial charge in [-0.15, -0.1) is 0 Å². The summed E-state index contributed by atoms with van der Waals surface area (Å²) in [4.78, 5) is 50.6. The van der Waals surface area contributed by atoms with Gasteiger partial charge in [-0.3, -0.25) is 13.8 Å². The van der Waals surface area contributed by atoms with Gasteiger partial charge >= 0.3 is 25.7 Å². The Labute approximate surface area is 571 Å². The van der Waals surface area contributed by atoms with Gasteiger partial charge in [0.15, 0.2) is 18.7 Å². The highest BCUT2D eigenvalue weighted by molar-refractivity contribution is 7.47. The standard InChI is InChI=1S/C71H125O24P/c1-4-7-10-13-16-19-22-24-26-28-31-34-37-40-43-46-56(74)88-51-54-59(77)61(79)66(84)71(92-54)94-68-64(82)62(80)63(81)67(93-70-65(83)60(78)58(76)53(48-72)91-70)69(68)95-96(85,86)89-50-52(49-87-55(73)45-42-39-36-33-30-21-18-15-12-9-6-3)90-57(75)47-44-41-38-35-32-29-27-25-23-20-17-14-11-8-5-2/h37-38,40-41,43-44,46-47,52-54,58-72,76-84H,4-36,39,42,45,48-51H2,1-3H3,(H,85,86)/b40-37+,41-38+,46-43+,47-44+. The van der Waals surface area contributed by atoms with E-state index in [-0.39, 0.29) is 6.42 Å². The second kappa shape index (κ2) is 52.8. The summed E-state index contributed by atoms with van der Waals surface area (Å²) in [6.07, 6.45) is 16.2. The average molecular weight is 1390 g/mol. The highest BCUT2D eigenvalue weighted by Gasteiger charge is 2.58. The number of aliphatic hydroxyl groups excluding tert-OH is 10. The molecule has 24 nitrogen and oxygen atoms in total. The smallest absolute Gasteiger partial charge is 0.462 e. The molecule has 1 aliphatic carbocycles. The number of carbonyl (C=O) groups excluding carboxylic acids is 3. The molecule has 18 unspecified atom stereocenters. The monoisotopic (exact) mass is 1390 g/mol. The van der Waals surface area contributed by atoms with Crippen molar-refractivity contribution in [2.24, 2.45) is 0 Å². The van der Waals surface area contributed by atoms with Crippen molar-refractivity contribution in [3.63, 3.8) is 0 Å². The Morgan fingerprint density at radius 1 is 0.427 bits per heavy atom. The van der Waals surface area contributed by atoms with Gasteiger partial charge in [-0.2, -0.15) is 0 Å². The first-order valence-corrected chi connectivity index (χ1v) is 38.0. The molecule has 2 aliphatic heterocycles. The van der Waals surface area contributed by atoms with Crippen molar-refractivity contribution in [1.29, 1.82) is 0 Å². The molecule has 18 atom stereocenters. The van der Waals surface area contributed by atoms with Gasteiger partial charge in [0.2, 0.25) is 0 Å². The van der Waals surface area contributed by atoms with Crippen molar-refractivity contribution in [3.8, 4) is 0 Å². The minimum atomic E-state index is -5.73. The lowest BCUT2D eigenvalue weighted by atomic mass is 9.84. The average Bonchev–Trinajstić information content (AvgIpc) is 0.764. The number of allylic oxidation sites excluding steroid dienone is 6. The van der Waals surface area contributed by atoms with Gasteiger partial charge in [0, 0.05) is 18.6 Å². The van der Waals surface area contributed by atoms with Crippen LogP contribution in [-0.2, 0) is 61.2 Å². The fraction of sp³-hybridized carbons (Fsp3) is 0.845. The number of phosphoric ester groups is 1. The lowest BCUT2D eigenvalue weighted by Gasteiger charge is -2.49. The Kier molecular flexibility index (Phi) is 48.0. The van der Waals surface area contributed by atoms with E-state index in [4.69, 9.17) is 42.2 Å². The zero-order valence-corrected chi connectivity index (χ0v) is 58.8. The third-order valence-corrected chi connectivity index (χ3v) is 18.8. The number of esters is 3. The molecule has 0 aromatic carbocycles. The molecule has 0 amide bonds. The molecule has 2 saturated heterocycles. The summed E-state index contributed by atoms with van der Waals surface area (Å²) in [7, 11) is -5.73. The van der Waals surface area contributed by atoms with Gasteiger partial charge in [0.1, 0.15) is 98.7 Å². The predicted octanol–water partition coefficient (Wildman–Crippen LogP) is 9.29. The zero-order chi connectivity index (χ0) is 70.4. The van der Waals surface area contributed by atoms with Gasteiger partial charge in [0.05, 0.1) is 13.2 Å². The third kappa shape index (κ3) is 36.0. The highest BCUT2D eigenvalue weighted by atomic mass is 31.2. The Bertz CT molecular complexity index is 2180. The number of hydrogen-bond acceptors (Lipinski definition) is 23. The molecule has 3 aliphatic rings. The highest BCUT2D eigenvalue weighted by Crippen LogP contribution is 2.49. The van der Waals surface area contributed by atoms with E-state index < -0.39 is 156 Å². The molecule has 0 aromatic heterocycles.